The smallest absolute Gasteiger partial charge is 0.0659 e. The van der Waals surface area contributed by atoms with E-state index in [0.717, 1.165) is 12.5 Å². The fourth-order valence-electron chi connectivity index (χ4n) is 3.18. The highest BCUT2D eigenvalue weighted by Crippen LogP contribution is 2.36. The number of hydrogen-bond donors (Lipinski definition) is 1. The number of hydrogen-bond acceptors (Lipinski definition) is 3. The highest BCUT2D eigenvalue weighted by molar-refractivity contribution is 14.1. The normalized spacial score (nSPS) is 20.4. The minimum Gasteiger partial charge on any atom is -0.308 e. The standard InChI is InChI=1S/C16H27IN2S/c1-11(2)8-12(10-19(3)4)18-14-6-5-7-15-13(14)9-16(17)20-15/h9,11-12,14,18H,5-8,10H2,1-4H3. The number of aryl methyl sites for hydroxylation is 1. The number of fused-ring (bicyclic) bond motifs is 1. The summed E-state index contributed by atoms with van der Waals surface area (Å²) in [6.07, 6.45) is 5.16. The van der Waals surface area contributed by atoms with Crippen molar-refractivity contribution in [1.29, 1.82) is 0 Å². The van der Waals surface area contributed by atoms with E-state index >= 15 is 0 Å². The van der Waals surface area contributed by atoms with Crippen LogP contribution < -0.4 is 5.32 Å². The Morgan fingerprint density at radius 1 is 1.45 bits per heavy atom. The van der Waals surface area contributed by atoms with E-state index in [0.29, 0.717) is 12.1 Å². The molecule has 1 heterocycles. The van der Waals surface area contributed by atoms with Crippen LogP contribution in [-0.2, 0) is 6.42 Å². The zero-order valence-corrected chi connectivity index (χ0v) is 16.1. The van der Waals surface area contributed by atoms with Gasteiger partial charge in [-0.1, -0.05) is 13.8 Å². The molecule has 0 aromatic carbocycles. The van der Waals surface area contributed by atoms with Gasteiger partial charge < -0.3 is 10.2 Å². The second-order valence-electron chi connectivity index (χ2n) is 6.63. The van der Waals surface area contributed by atoms with Gasteiger partial charge in [-0.2, -0.15) is 0 Å². The van der Waals surface area contributed by atoms with E-state index in [-0.39, 0.29) is 0 Å². The molecule has 2 nitrogen and oxygen atoms in total. The third kappa shape index (κ3) is 4.68. The number of rotatable bonds is 6. The molecule has 1 N–H and O–H groups in total. The van der Waals surface area contributed by atoms with Crippen LogP contribution in [-0.4, -0.2) is 31.6 Å². The van der Waals surface area contributed by atoms with Gasteiger partial charge in [0.2, 0.25) is 0 Å². The maximum Gasteiger partial charge on any atom is 0.0659 e. The molecular formula is C16H27IN2S. The molecule has 1 aromatic rings. The number of thiophene rings is 1. The molecule has 2 rings (SSSR count). The van der Waals surface area contributed by atoms with E-state index in [4.69, 9.17) is 0 Å². The summed E-state index contributed by atoms with van der Waals surface area (Å²) >= 11 is 4.45. The summed E-state index contributed by atoms with van der Waals surface area (Å²) in [5.74, 6) is 0.748. The molecule has 1 aliphatic rings. The molecule has 0 bridgehead atoms. The van der Waals surface area contributed by atoms with Gasteiger partial charge in [-0.15, -0.1) is 11.3 Å². The Labute approximate surface area is 141 Å². The minimum atomic E-state index is 0.571. The Morgan fingerprint density at radius 3 is 2.85 bits per heavy atom. The Hall–Kier alpha value is 0.350. The quantitative estimate of drug-likeness (QED) is 0.709. The van der Waals surface area contributed by atoms with Crippen molar-refractivity contribution < 1.29 is 0 Å². The van der Waals surface area contributed by atoms with Gasteiger partial charge in [-0.25, -0.2) is 0 Å². The van der Waals surface area contributed by atoms with Crippen molar-refractivity contribution in [1.82, 2.24) is 10.2 Å². The lowest BCUT2D eigenvalue weighted by molar-refractivity contribution is 0.277. The fourth-order valence-corrected chi connectivity index (χ4v) is 5.30. The minimum absolute atomic E-state index is 0.571. The summed E-state index contributed by atoms with van der Waals surface area (Å²) in [6, 6.07) is 3.57. The van der Waals surface area contributed by atoms with Gasteiger partial charge in [-0.05, 0) is 79.9 Å². The predicted octanol–water partition coefficient (Wildman–Crippen LogP) is 4.30. The van der Waals surface area contributed by atoms with Gasteiger partial charge in [0.25, 0.3) is 0 Å². The molecule has 2 atom stereocenters. The second-order valence-corrected chi connectivity index (χ2v) is 9.66. The Bertz CT molecular complexity index is 418. The van der Waals surface area contributed by atoms with Crippen LogP contribution in [0.4, 0.5) is 0 Å². The van der Waals surface area contributed by atoms with Crippen molar-refractivity contribution in [3.8, 4) is 0 Å². The molecule has 1 aromatic heterocycles. The van der Waals surface area contributed by atoms with E-state index in [1.807, 2.05) is 11.3 Å². The fraction of sp³-hybridized carbons (Fsp3) is 0.750. The van der Waals surface area contributed by atoms with E-state index in [9.17, 15) is 0 Å². The molecule has 4 heteroatoms. The summed E-state index contributed by atoms with van der Waals surface area (Å²) in [6.45, 7) is 5.78. The summed E-state index contributed by atoms with van der Waals surface area (Å²) in [4.78, 5) is 3.92. The van der Waals surface area contributed by atoms with Crippen LogP contribution in [0.25, 0.3) is 0 Å². The van der Waals surface area contributed by atoms with Crippen LogP contribution in [0.2, 0.25) is 0 Å². The third-order valence-corrected chi connectivity index (χ3v) is 5.83. The van der Waals surface area contributed by atoms with Crippen LogP contribution >= 0.6 is 33.9 Å². The first-order valence-corrected chi connectivity index (χ1v) is 9.54. The van der Waals surface area contributed by atoms with Gasteiger partial charge in [0, 0.05) is 23.5 Å². The zero-order valence-electron chi connectivity index (χ0n) is 13.1. The molecule has 0 spiro atoms. The van der Waals surface area contributed by atoms with Gasteiger partial charge >= 0.3 is 0 Å². The molecule has 20 heavy (non-hydrogen) atoms. The first-order chi connectivity index (χ1) is 9.45. The van der Waals surface area contributed by atoms with E-state index in [2.05, 4.69) is 66.8 Å². The Morgan fingerprint density at radius 2 is 2.20 bits per heavy atom. The molecule has 0 saturated carbocycles. The summed E-state index contributed by atoms with van der Waals surface area (Å²) in [5.41, 5.74) is 1.58. The summed E-state index contributed by atoms with van der Waals surface area (Å²) < 4.78 is 1.44. The van der Waals surface area contributed by atoms with Crippen molar-refractivity contribution in [2.75, 3.05) is 20.6 Å². The largest absolute Gasteiger partial charge is 0.308 e. The molecule has 0 radical (unpaired) electrons. The van der Waals surface area contributed by atoms with E-state index in [1.54, 1.807) is 10.4 Å². The van der Waals surface area contributed by atoms with Gasteiger partial charge in [0.05, 0.1) is 2.88 Å². The topological polar surface area (TPSA) is 15.3 Å². The molecule has 1 aliphatic carbocycles. The molecule has 2 unspecified atom stereocenters. The van der Waals surface area contributed by atoms with Gasteiger partial charge in [0.1, 0.15) is 0 Å². The average molecular weight is 406 g/mol. The van der Waals surface area contributed by atoms with Crippen molar-refractivity contribution in [3.63, 3.8) is 0 Å². The van der Waals surface area contributed by atoms with Crippen LogP contribution in [0.15, 0.2) is 6.07 Å². The Balaban J connectivity index is 2.06. The van der Waals surface area contributed by atoms with Crippen LogP contribution in [0.5, 0.6) is 0 Å². The van der Waals surface area contributed by atoms with Gasteiger partial charge in [-0.3, -0.25) is 0 Å². The van der Waals surface area contributed by atoms with Crippen molar-refractivity contribution in [2.45, 2.75) is 51.6 Å². The van der Waals surface area contributed by atoms with Crippen molar-refractivity contribution in [2.24, 2.45) is 5.92 Å². The maximum atomic E-state index is 3.95. The van der Waals surface area contributed by atoms with Crippen molar-refractivity contribution >= 4 is 33.9 Å². The lowest BCUT2D eigenvalue weighted by Crippen LogP contribution is -2.41. The molecule has 0 amide bonds. The molecule has 0 fully saturated rings. The van der Waals surface area contributed by atoms with Crippen LogP contribution in [0, 0.1) is 8.80 Å². The first-order valence-electron chi connectivity index (χ1n) is 7.64. The van der Waals surface area contributed by atoms with E-state index < -0.39 is 0 Å². The predicted molar refractivity (Wildman–Crippen MR) is 97.6 cm³/mol. The van der Waals surface area contributed by atoms with Crippen LogP contribution in [0.3, 0.4) is 0 Å². The summed E-state index contributed by atoms with van der Waals surface area (Å²) in [7, 11) is 4.35. The summed E-state index contributed by atoms with van der Waals surface area (Å²) in [5, 5.41) is 3.95. The SMILES string of the molecule is CC(C)CC(CN(C)C)NC1CCCc2sc(I)cc21. The average Bonchev–Trinajstić information content (AvgIpc) is 2.68. The number of nitrogens with one attached hydrogen (secondary N) is 1. The zero-order chi connectivity index (χ0) is 14.7. The molecular weight excluding hydrogens is 379 g/mol. The maximum absolute atomic E-state index is 3.95. The monoisotopic (exact) mass is 406 g/mol. The Kier molecular flexibility index (Phi) is 6.32. The van der Waals surface area contributed by atoms with Gasteiger partial charge in [0.15, 0.2) is 0 Å². The molecule has 0 aliphatic heterocycles. The lowest BCUT2D eigenvalue weighted by atomic mass is 9.92. The van der Waals surface area contributed by atoms with Crippen LogP contribution in [0.1, 0.15) is 49.6 Å². The number of halogens is 1. The highest BCUT2D eigenvalue weighted by Gasteiger charge is 2.25. The van der Waals surface area contributed by atoms with Crippen molar-refractivity contribution in [3.05, 3.63) is 19.4 Å². The van der Waals surface area contributed by atoms with E-state index in [1.165, 1.54) is 28.6 Å². The third-order valence-electron chi connectivity index (χ3n) is 3.86. The molecule has 0 saturated heterocycles. The second kappa shape index (κ2) is 7.56. The first kappa shape index (κ1) is 16.7. The number of likely N-dealkylation sites (N-methyl/N-ethyl adjacent to an activating group) is 1. The lowest BCUT2D eigenvalue weighted by Gasteiger charge is -2.31. The number of nitrogens with zero attached hydrogens (tertiary/aromatic N) is 1. The highest BCUT2D eigenvalue weighted by atomic mass is 127. The molecule has 114 valence electrons.